The topological polar surface area (TPSA) is 146 Å². The van der Waals surface area contributed by atoms with Crippen LogP contribution in [0.2, 0.25) is 0 Å². The van der Waals surface area contributed by atoms with Gasteiger partial charge >= 0.3 is 24.3 Å². The number of carboxylic acid groups (broad SMARTS) is 2. The molecule has 0 radical (unpaired) electrons. The second-order valence-electron chi connectivity index (χ2n) is 14.8. The zero-order chi connectivity index (χ0) is 44.5. The molecule has 4 aromatic rings. The smallest absolute Gasteiger partial charge is 0.416 e. The maximum absolute atomic E-state index is 13.0. The molecule has 1 atom stereocenters. The van der Waals surface area contributed by atoms with Crippen molar-refractivity contribution in [1.82, 2.24) is 15.1 Å². The number of aromatic nitrogens is 2. The number of carbonyl (C=O) groups excluding carboxylic acids is 1. The molecule has 11 nitrogen and oxygen atoms in total. The van der Waals surface area contributed by atoms with E-state index in [0.29, 0.717) is 53.6 Å². The predicted octanol–water partition coefficient (Wildman–Crippen LogP) is 9.77. The van der Waals surface area contributed by atoms with Crippen molar-refractivity contribution in [2.45, 2.75) is 84.2 Å². The Hall–Kier alpha value is -5.97. The number of likely N-dealkylation sites (N-methyl/N-ethyl adjacent to an activating group) is 1. The van der Waals surface area contributed by atoms with Crippen LogP contribution in [0.5, 0.6) is 0 Å². The molecule has 1 aromatic heterocycles. The lowest BCUT2D eigenvalue weighted by Gasteiger charge is -2.32. The van der Waals surface area contributed by atoms with E-state index < -0.39 is 35.4 Å². The Bertz CT molecular complexity index is 2210. The molecule has 4 N–H and O–H groups in total. The number of rotatable bonds is 14. The molecule has 61 heavy (non-hydrogen) atoms. The molecule has 3 aromatic carbocycles. The lowest BCUT2D eigenvalue weighted by molar-refractivity contribution is -0.889. The minimum absolute atomic E-state index is 0.0557. The summed E-state index contributed by atoms with van der Waals surface area (Å²) in [5.41, 5.74) is 3.01. The number of alkyl halides is 6. The van der Waals surface area contributed by atoms with E-state index in [9.17, 15) is 45.8 Å². The van der Waals surface area contributed by atoms with E-state index in [-0.39, 0.29) is 35.2 Å². The van der Waals surface area contributed by atoms with E-state index >= 15 is 0 Å². The van der Waals surface area contributed by atoms with Crippen LogP contribution in [0, 0.1) is 5.92 Å². The van der Waals surface area contributed by atoms with Gasteiger partial charge in [0.25, 0.3) is 5.91 Å². The first-order valence-electron chi connectivity index (χ1n) is 20.1. The van der Waals surface area contributed by atoms with E-state index in [1.54, 1.807) is 12.1 Å². The molecule has 1 amide bonds. The summed E-state index contributed by atoms with van der Waals surface area (Å²) in [6, 6.07) is 18.6. The average Bonchev–Trinajstić information content (AvgIpc) is 3.86. The van der Waals surface area contributed by atoms with Gasteiger partial charge in [0.15, 0.2) is 0 Å². The van der Waals surface area contributed by atoms with Crippen LogP contribution in [0.25, 0.3) is 11.3 Å². The van der Waals surface area contributed by atoms with Crippen molar-refractivity contribution in [3.05, 3.63) is 119 Å². The van der Waals surface area contributed by atoms with Gasteiger partial charge in [-0.25, -0.2) is 4.79 Å². The molecule has 6 rings (SSSR count). The fourth-order valence-electron chi connectivity index (χ4n) is 7.54. The number of amides is 1. The van der Waals surface area contributed by atoms with Gasteiger partial charge < -0.3 is 20.8 Å². The molecule has 0 spiro atoms. The minimum Gasteiger partial charge on any atom is -0.481 e. The highest BCUT2D eigenvalue weighted by Gasteiger charge is 2.41. The van der Waals surface area contributed by atoms with Crippen molar-refractivity contribution in [3.63, 3.8) is 0 Å². The summed E-state index contributed by atoms with van der Waals surface area (Å²) >= 11 is 0. The molecular formula is C44H49F6N6O5+. The van der Waals surface area contributed by atoms with Crippen molar-refractivity contribution in [2.75, 3.05) is 25.0 Å². The second kappa shape index (κ2) is 19.6. The van der Waals surface area contributed by atoms with Crippen LogP contribution < -0.4 is 10.6 Å². The van der Waals surface area contributed by atoms with E-state index in [1.165, 1.54) is 36.8 Å². The number of halogens is 6. The molecule has 1 aliphatic heterocycles. The highest BCUT2D eigenvalue weighted by Crippen LogP contribution is 2.39. The number of hydrogen-bond acceptors (Lipinski definition) is 6. The van der Waals surface area contributed by atoms with Gasteiger partial charge in [0.05, 0.1) is 35.0 Å². The third kappa shape index (κ3) is 11.4. The zero-order valence-electron chi connectivity index (χ0n) is 34.0. The average molecular weight is 856 g/mol. The lowest BCUT2D eigenvalue weighted by Crippen LogP contribution is -2.42. The lowest BCUT2D eigenvalue weighted by atomic mass is 9.82. The molecule has 17 heteroatoms. The number of allylic oxidation sites excluding steroid dienone is 1. The van der Waals surface area contributed by atoms with Crippen LogP contribution in [0.4, 0.5) is 32.0 Å². The third-order valence-corrected chi connectivity index (χ3v) is 10.9. The Morgan fingerprint density at radius 3 is 1.84 bits per heavy atom. The van der Waals surface area contributed by atoms with Crippen molar-refractivity contribution >= 4 is 29.2 Å². The van der Waals surface area contributed by atoms with Crippen LogP contribution in [0.3, 0.4) is 0 Å². The van der Waals surface area contributed by atoms with Crippen LogP contribution in [-0.4, -0.2) is 67.8 Å². The first-order chi connectivity index (χ1) is 28.9. The maximum atomic E-state index is 13.0. The monoisotopic (exact) mass is 855 g/mol. The summed E-state index contributed by atoms with van der Waals surface area (Å²) < 4.78 is 78.7. The van der Waals surface area contributed by atoms with Crippen LogP contribution >= 0.6 is 0 Å². The Balaban J connectivity index is 0.000000271. The Labute approximate surface area is 349 Å². The Morgan fingerprint density at radius 1 is 0.803 bits per heavy atom. The van der Waals surface area contributed by atoms with E-state index in [2.05, 4.69) is 15.7 Å². The molecular weight excluding hydrogens is 807 g/mol. The molecule has 0 saturated heterocycles. The fourth-order valence-corrected chi connectivity index (χ4v) is 7.54. The molecule has 2 heterocycles. The molecule has 0 bridgehead atoms. The molecule has 1 aliphatic carbocycles. The third-order valence-electron chi connectivity index (χ3n) is 10.9. The van der Waals surface area contributed by atoms with Gasteiger partial charge in [0, 0.05) is 41.5 Å². The largest absolute Gasteiger partial charge is 0.481 e. The highest BCUT2D eigenvalue weighted by molar-refractivity contribution is 6.12. The first-order valence-corrected chi connectivity index (χ1v) is 20.1. The summed E-state index contributed by atoms with van der Waals surface area (Å²) in [6.07, 6.45) is -1.96. The van der Waals surface area contributed by atoms with Gasteiger partial charge in [-0.2, -0.15) is 36.0 Å². The quantitative estimate of drug-likeness (QED) is 0.0730. The van der Waals surface area contributed by atoms with Crippen LogP contribution in [0.15, 0.2) is 95.7 Å². The van der Waals surface area contributed by atoms with E-state index in [0.717, 1.165) is 61.3 Å². The highest BCUT2D eigenvalue weighted by atomic mass is 19.4. The number of aryl methyl sites for hydroxylation is 1. The van der Waals surface area contributed by atoms with Crippen molar-refractivity contribution in [2.24, 2.45) is 11.0 Å². The maximum Gasteiger partial charge on any atom is 0.416 e. The Kier molecular flexibility index (Phi) is 14.8. The number of nitrogens with zero attached hydrogens (tertiary/aromatic N) is 4. The molecule has 1 unspecified atom stereocenters. The molecule has 326 valence electrons. The van der Waals surface area contributed by atoms with Gasteiger partial charge in [-0.3, -0.25) is 14.3 Å². The van der Waals surface area contributed by atoms with Crippen molar-refractivity contribution in [1.29, 1.82) is 0 Å². The first kappa shape index (κ1) is 46.1. The predicted molar refractivity (Wildman–Crippen MR) is 217 cm³/mol. The van der Waals surface area contributed by atoms with Crippen molar-refractivity contribution in [3.8, 4) is 11.3 Å². The fraction of sp³-hybridized carbons (Fsp3) is 0.386. The van der Waals surface area contributed by atoms with Gasteiger partial charge in [-0.05, 0) is 94.1 Å². The Morgan fingerprint density at radius 2 is 1.36 bits per heavy atom. The summed E-state index contributed by atoms with van der Waals surface area (Å²) in [4.78, 5) is 34.4. The number of nitrogens with one attached hydrogen (secondary N) is 2. The van der Waals surface area contributed by atoms with Crippen molar-refractivity contribution < 1.29 is 55.5 Å². The number of aliphatic carboxylic acids is 2. The van der Waals surface area contributed by atoms with Gasteiger partial charge in [0.1, 0.15) is 18.8 Å². The van der Waals surface area contributed by atoms with Gasteiger partial charge in [0.2, 0.25) is 5.70 Å². The number of quaternary nitrogens is 1. The second-order valence-corrected chi connectivity index (χ2v) is 14.8. The molecule has 1 fully saturated rings. The summed E-state index contributed by atoms with van der Waals surface area (Å²) in [7, 11) is 0. The standard InChI is InChI=1S/C29H33F3N4O3.C15H15F3N2O2/c1-2-36-25(18-24(35-36)19-8-12-22(13-9-19)29(30,31)32)27(20-6-4-3-5-7-20)34-23-14-10-21(11-15-23)28(39)33-17-16-26(37)38;1-3-20(4-2)13(14(21)22)9-12(19-20)10-5-7-11(8-6-10)15(16,17)18/h8-15,18,20,27,34H,2-7,16-17H2,1H3,(H,33,39)(H,37,38);5-9H,3-4H2,1-2H3/p+1. The summed E-state index contributed by atoms with van der Waals surface area (Å²) in [6.45, 7) is 7.20. The number of carboxylic acids is 2. The number of anilines is 1. The number of hydrogen-bond donors (Lipinski definition) is 4. The number of carbonyl (C=O) groups is 3. The zero-order valence-corrected chi connectivity index (χ0v) is 34.0. The molecule has 2 aliphatic rings. The number of benzene rings is 3. The van der Waals surface area contributed by atoms with E-state index in [1.807, 2.05) is 43.7 Å². The summed E-state index contributed by atoms with van der Waals surface area (Å²) in [5.74, 6) is -2.04. The van der Waals surface area contributed by atoms with Crippen LogP contribution in [-0.2, 0) is 28.5 Å². The minimum atomic E-state index is -4.40. The SMILES string of the molecule is CC[N+]1(CC)N=C(c2ccc(C(F)(F)F)cc2)C=C1C(=O)O.CCn1nc(-c2ccc(C(F)(F)F)cc2)cc1C(Nc1ccc(C(=O)NCCC(=O)O)cc1)C1CCCCC1. The molecule has 1 saturated carbocycles. The normalized spacial score (nSPS) is 15.8. The van der Waals surface area contributed by atoms with Gasteiger partial charge in [-0.1, -0.05) is 48.6 Å². The van der Waals surface area contributed by atoms with E-state index in [4.69, 9.17) is 10.2 Å². The van der Waals surface area contributed by atoms with Crippen LogP contribution in [0.1, 0.15) is 98.1 Å². The summed E-state index contributed by atoms with van der Waals surface area (Å²) in [5, 5.41) is 33.5. The van der Waals surface area contributed by atoms with Gasteiger partial charge in [-0.15, -0.1) is 0 Å².